The number of hydrogen-bond acceptors (Lipinski definition) is 5. The highest BCUT2D eigenvalue weighted by Gasteiger charge is 2.23. The molecule has 0 bridgehead atoms. The average Bonchev–Trinajstić information content (AvgIpc) is 2.25. The fraction of sp³-hybridized carbons (Fsp3) is 0.417. The fourth-order valence-electron chi connectivity index (χ4n) is 1.09. The molecule has 0 spiro atoms. The molecule has 1 rings (SSSR count). The first-order valence-corrected chi connectivity index (χ1v) is 6.19. The highest BCUT2D eigenvalue weighted by molar-refractivity contribution is 8.00. The zero-order valence-corrected chi connectivity index (χ0v) is 11.5. The number of esters is 1. The molecule has 0 atom stereocenters. The lowest BCUT2D eigenvalue weighted by molar-refractivity contribution is -0.139. The highest BCUT2D eigenvalue weighted by atomic mass is 32.2. The minimum atomic E-state index is -0.414. The van der Waals surface area contributed by atoms with Crippen molar-refractivity contribution >= 4 is 17.7 Å². The van der Waals surface area contributed by atoms with Crippen LogP contribution in [0.2, 0.25) is 0 Å². The van der Waals surface area contributed by atoms with Crippen LogP contribution in [0.5, 0.6) is 0 Å². The summed E-state index contributed by atoms with van der Waals surface area (Å²) in [6.45, 7) is 9.15. The van der Waals surface area contributed by atoms with Gasteiger partial charge in [-0.1, -0.05) is 18.3 Å². The van der Waals surface area contributed by atoms with Crippen molar-refractivity contribution < 1.29 is 9.53 Å². The number of nitrogens with zero attached hydrogens (tertiary/aromatic N) is 1. The van der Waals surface area contributed by atoms with Crippen LogP contribution in [0.1, 0.15) is 20.8 Å². The van der Waals surface area contributed by atoms with E-state index in [9.17, 15) is 9.59 Å². The van der Waals surface area contributed by atoms with E-state index in [1.54, 1.807) is 13.0 Å². The molecule has 0 aliphatic heterocycles. The van der Waals surface area contributed by atoms with Crippen LogP contribution in [0.3, 0.4) is 0 Å². The highest BCUT2D eigenvalue weighted by Crippen LogP contribution is 2.30. The van der Waals surface area contributed by atoms with Crippen LogP contribution in [0.4, 0.5) is 0 Å². The van der Waals surface area contributed by atoms with E-state index in [0.717, 1.165) is 0 Å². The summed E-state index contributed by atoms with van der Waals surface area (Å²) in [5.41, 5.74) is -0.0280. The number of ether oxygens (including phenoxy) is 1. The third kappa shape index (κ3) is 4.75. The number of rotatable bonds is 5. The second-order valence-electron chi connectivity index (χ2n) is 4.45. The summed E-state index contributed by atoms with van der Waals surface area (Å²) in [5, 5.41) is 0.593. The lowest BCUT2D eigenvalue weighted by atomic mass is 10.2. The molecular formula is C12H16N2O3S. The summed E-state index contributed by atoms with van der Waals surface area (Å²) >= 11 is 1.38. The second kappa shape index (κ2) is 5.86. The minimum Gasteiger partial charge on any atom is -0.461 e. The van der Waals surface area contributed by atoms with Crippen LogP contribution in [0.15, 0.2) is 34.2 Å². The maximum atomic E-state index is 11.3. The van der Waals surface area contributed by atoms with Gasteiger partial charge in [-0.15, -0.1) is 0 Å². The Labute approximate surface area is 110 Å². The Morgan fingerprint density at radius 1 is 1.61 bits per heavy atom. The zero-order valence-electron chi connectivity index (χ0n) is 10.6. The Kier molecular flexibility index (Phi) is 4.72. The summed E-state index contributed by atoms with van der Waals surface area (Å²) < 4.78 is 4.73. The van der Waals surface area contributed by atoms with Crippen molar-refractivity contribution in [3.63, 3.8) is 0 Å². The molecule has 0 amide bonds. The van der Waals surface area contributed by atoms with Gasteiger partial charge < -0.3 is 9.72 Å². The number of aromatic amines is 1. The van der Waals surface area contributed by atoms with E-state index in [1.807, 2.05) is 13.8 Å². The van der Waals surface area contributed by atoms with Gasteiger partial charge in [0.2, 0.25) is 0 Å². The molecule has 0 aromatic carbocycles. The van der Waals surface area contributed by atoms with Gasteiger partial charge in [-0.2, -0.15) is 4.98 Å². The van der Waals surface area contributed by atoms with E-state index in [0.29, 0.717) is 10.6 Å². The predicted octanol–water partition coefficient (Wildman–Crippen LogP) is 1.76. The molecule has 0 fully saturated rings. The molecule has 1 aromatic rings. The van der Waals surface area contributed by atoms with E-state index in [-0.39, 0.29) is 11.4 Å². The molecule has 0 unspecified atom stereocenters. The molecule has 0 aliphatic rings. The number of aromatic nitrogens is 2. The van der Waals surface area contributed by atoms with Gasteiger partial charge in [0.05, 0.1) is 4.75 Å². The molecule has 0 saturated heterocycles. The molecule has 0 saturated carbocycles. The Hall–Kier alpha value is -1.56. The van der Waals surface area contributed by atoms with Gasteiger partial charge >= 0.3 is 11.7 Å². The van der Waals surface area contributed by atoms with E-state index >= 15 is 0 Å². The summed E-state index contributed by atoms with van der Waals surface area (Å²) in [6, 6.07) is 1.70. The van der Waals surface area contributed by atoms with Crippen molar-refractivity contribution in [1.82, 2.24) is 9.97 Å². The predicted molar refractivity (Wildman–Crippen MR) is 70.6 cm³/mol. The third-order valence-corrected chi connectivity index (χ3v) is 3.03. The summed E-state index contributed by atoms with van der Waals surface area (Å²) in [7, 11) is 0. The van der Waals surface area contributed by atoms with E-state index in [4.69, 9.17) is 4.74 Å². The molecule has 0 aliphatic carbocycles. The van der Waals surface area contributed by atoms with Gasteiger partial charge in [-0.3, -0.25) is 0 Å². The van der Waals surface area contributed by atoms with Crippen LogP contribution in [-0.4, -0.2) is 27.3 Å². The van der Waals surface area contributed by atoms with Gasteiger partial charge in [0.1, 0.15) is 11.6 Å². The van der Waals surface area contributed by atoms with E-state index < -0.39 is 11.7 Å². The second-order valence-corrected chi connectivity index (χ2v) is 6.18. The number of carbonyl (C=O) groups is 1. The molecule has 1 N–H and O–H groups in total. The van der Waals surface area contributed by atoms with Crippen molar-refractivity contribution in [3.8, 4) is 0 Å². The summed E-state index contributed by atoms with van der Waals surface area (Å²) in [4.78, 5) is 28.6. The summed E-state index contributed by atoms with van der Waals surface area (Å²) in [5.74, 6) is -0.414. The molecule has 6 heteroatoms. The lowest BCUT2D eigenvalue weighted by Crippen LogP contribution is -2.25. The average molecular weight is 268 g/mol. The number of hydrogen-bond donors (Lipinski definition) is 1. The molecule has 18 heavy (non-hydrogen) atoms. The lowest BCUT2D eigenvalue weighted by Gasteiger charge is -2.22. The number of H-pyrrole nitrogens is 1. The quantitative estimate of drug-likeness (QED) is 0.381. The van der Waals surface area contributed by atoms with Crippen LogP contribution >= 0.6 is 11.8 Å². The van der Waals surface area contributed by atoms with Gasteiger partial charge in [0, 0.05) is 11.8 Å². The van der Waals surface area contributed by atoms with Gasteiger partial charge in [0.25, 0.3) is 0 Å². The molecule has 1 heterocycles. The fourth-order valence-corrected chi connectivity index (χ4v) is 2.03. The maximum absolute atomic E-state index is 11.3. The van der Waals surface area contributed by atoms with Gasteiger partial charge in [-0.25, -0.2) is 9.59 Å². The van der Waals surface area contributed by atoms with Gasteiger partial charge in [0.15, 0.2) is 0 Å². The minimum absolute atomic E-state index is 0.220. The normalized spacial score (nSPS) is 11.1. The van der Waals surface area contributed by atoms with Crippen LogP contribution < -0.4 is 5.69 Å². The SMILES string of the molecule is C=C(C)C(=O)OCC(C)(C)Sc1cc[nH]c(=O)n1. The van der Waals surface area contributed by atoms with Crippen LogP contribution in [0.25, 0.3) is 0 Å². The van der Waals surface area contributed by atoms with E-state index in [1.165, 1.54) is 18.0 Å². The molecular weight excluding hydrogens is 252 g/mol. The third-order valence-electron chi connectivity index (χ3n) is 1.92. The van der Waals surface area contributed by atoms with Crippen molar-refractivity contribution in [2.75, 3.05) is 6.61 Å². The van der Waals surface area contributed by atoms with E-state index in [2.05, 4.69) is 16.5 Å². The molecule has 1 aromatic heterocycles. The maximum Gasteiger partial charge on any atom is 0.345 e. The molecule has 5 nitrogen and oxygen atoms in total. The standard InChI is InChI=1S/C12H16N2O3S/c1-8(2)10(15)17-7-12(3,4)18-9-5-6-13-11(16)14-9/h5-6H,1,7H2,2-4H3,(H,13,14,16). The Bertz CT molecular complexity index is 508. The van der Waals surface area contributed by atoms with Gasteiger partial charge in [-0.05, 0) is 26.8 Å². The smallest absolute Gasteiger partial charge is 0.345 e. The zero-order chi connectivity index (χ0) is 13.8. The number of carbonyl (C=O) groups excluding carboxylic acids is 1. The van der Waals surface area contributed by atoms with Crippen molar-refractivity contribution in [2.24, 2.45) is 0 Å². The van der Waals surface area contributed by atoms with Crippen LogP contribution in [-0.2, 0) is 9.53 Å². The number of thioether (sulfide) groups is 1. The Morgan fingerprint density at radius 3 is 2.83 bits per heavy atom. The number of nitrogens with one attached hydrogen (secondary N) is 1. The first kappa shape index (κ1) is 14.5. The van der Waals surface area contributed by atoms with Crippen molar-refractivity contribution in [1.29, 1.82) is 0 Å². The first-order valence-electron chi connectivity index (χ1n) is 5.37. The topological polar surface area (TPSA) is 72.1 Å². The van der Waals surface area contributed by atoms with Crippen LogP contribution in [0, 0.1) is 0 Å². The largest absolute Gasteiger partial charge is 0.461 e. The van der Waals surface area contributed by atoms with Crippen molar-refractivity contribution in [3.05, 3.63) is 34.9 Å². The Morgan fingerprint density at radius 2 is 2.28 bits per heavy atom. The van der Waals surface area contributed by atoms with Crippen molar-refractivity contribution in [2.45, 2.75) is 30.5 Å². The Balaban J connectivity index is 2.62. The summed E-state index contributed by atoms with van der Waals surface area (Å²) in [6.07, 6.45) is 1.54. The monoisotopic (exact) mass is 268 g/mol. The molecule has 0 radical (unpaired) electrons. The first-order chi connectivity index (χ1) is 8.30. The molecule has 98 valence electrons.